The molecule has 2 nitrogen and oxygen atoms in total. The van der Waals surface area contributed by atoms with Crippen molar-refractivity contribution in [2.75, 3.05) is 19.8 Å². The molecule has 0 bridgehead atoms. The van der Waals surface area contributed by atoms with E-state index in [-0.39, 0.29) is 12.5 Å². The minimum absolute atomic E-state index is 0.130. The quantitative estimate of drug-likeness (QED) is 0.737. The molecular weight excluding hydrogens is 279 g/mol. The maximum absolute atomic E-state index is 12.1. The average Bonchev–Trinajstić information content (AvgIpc) is 3.22. The summed E-state index contributed by atoms with van der Waals surface area (Å²) in [6.45, 7) is 1.80. The number of hydrogen-bond acceptors (Lipinski definition) is 2. The highest BCUT2D eigenvalue weighted by Gasteiger charge is 2.28. The third kappa shape index (κ3) is 6.06. The lowest BCUT2D eigenvalue weighted by molar-refractivity contribution is -0.174. The molecule has 0 aromatic heterocycles. The lowest BCUT2D eigenvalue weighted by atomic mass is 9.92. The second-order valence-corrected chi connectivity index (χ2v) is 5.69. The fourth-order valence-electron chi connectivity index (χ4n) is 2.42. The summed E-state index contributed by atoms with van der Waals surface area (Å²) in [5, 5.41) is 3.46. The van der Waals surface area contributed by atoms with Gasteiger partial charge in [0.2, 0.25) is 0 Å². The highest BCUT2D eigenvalue weighted by atomic mass is 19.4. The van der Waals surface area contributed by atoms with Crippen molar-refractivity contribution in [1.29, 1.82) is 0 Å². The molecule has 2 rings (SSSR count). The molecule has 1 aliphatic rings. The van der Waals surface area contributed by atoms with Gasteiger partial charge in [-0.25, -0.2) is 0 Å². The topological polar surface area (TPSA) is 21.3 Å². The first-order valence-electron chi connectivity index (χ1n) is 7.39. The number of ether oxygens (including phenoxy) is 1. The molecule has 1 aromatic carbocycles. The molecule has 5 heteroatoms. The van der Waals surface area contributed by atoms with E-state index in [9.17, 15) is 13.2 Å². The summed E-state index contributed by atoms with van der Waals surface area (Å²) < 4.78 is 41.0. The van der Waals surface area contributed by atoms with Crippen LogP contribution in [-0.2, 0) is 4.74 Å². The van der Waals surface area contributed by atoms with Gasteiger partial charge in [0.1, 0.15) is 6.61 Å². The third-order valence-electron chi connectivity index (χ3n) is 3.73. The van der Waals surface area contributed by atoms with Crippen LogP contribution in [0.3, 0.4) is 0 Å². The number of hydrogen-bond donors (Lipinski definition) is 1. The normalized spacial score (nSPS) is 17.0. The molecule has 1 saturated carbocycles. The second-order valence-electron chi connectivity index (χ2n) is 5.69. The molecule has 0 heterocycles. The summed E-state index contributed by atoms with van der Waals surface area (Å²) in [6, 6.07) is 8.63. The van der Waals surface area contributed by atoms with Gasteiger partial charge in [-0.15, -0.1) is 0 Å². The van der Waals surface area contributed by atoms with Crippen molar-refractivity contribution in [2.45, 2.75) is 44.3 Å². The smallest absolute Gasteiger partial charge is 0.372 e. The molecule has 1 aromatic rings. The van der Waals surface area contributed by atoms with Crippen molar-refractivity contribution in [2.24, 2.45) is 0 Å². The van der Waals surface area contributed by atoms with Gasteiger partial charge in [0.15, 0.2) is 0 Å². The van der Waals surface area contributed by atoms with Crippen LogP contribution >= 0.6 is 0 Å². The van der Waals surface area contributed by atoms with Crippen LogP contribution in [0.25, 0.3) is 0 Å². The van der Waals surface area contributed by atoms with Crippen molar-refractivity contribution >= 4 is 0 Å². The first-order chi connectivity index (χ1) is 9.96. The molecule has 1 N–H and O–H groups in total. The molecule has 0 saturated heterocycles. The Hall–Kier alpha value is -1.07. The van der Waals surface area contributed by atoms with Gasteiger partial charge in [0.05, 0.1) is 0 Å². The highest BCUT2D eigenvalue weighted by molar-refractivity contribution is 5.29. The van der Waals surface area contributed by atoms with E-state index in [1.165, 1.54) is 24.0 Å². The van der Waals surface area contributed by atoms with Gasteiger partial charge in [-0.3, -0.25) is 0 Å². The molecule has 0 radical (unpaired) electrons. The molecule has 0 spiro atoms. The number of alkyl halides is 3. The molecule has 1 unspecified atom stereocenters. The van der Waals surface area contributed by atoms with Crippen LogP contribution < -0.4 is 5.32 Å². The van der Waals surface area contributed by atoms with Crippen LogP contribution in [0.15, 0.2) is 24.3 Å². The van der Waals surface area contributed by atoms with Crippen molar-refractivity contribution in [3.63, 3.8) is 0 Å². The summed E-state index contributed by atoms with van der Waals surface area (Å²) in [6.07, 6.45) is -1.25. The van der Waals surface area contributed by atoms with Gasteiger partial charge in [0, 0.05) is 19.2 Å². The van der Waals surface area contributed by atoms with E-state index < -0.39 is 12.8 Å². The Morgan fingerprint density at radius 1 is 1.29 bits per heavy atom. The number of rotatable bonds is 8. The highest BCUT2D eigenvalue weighted by Crippen LogP contribution is 2.25. The minimum atomic E-state index is -4.25. The Kier molecular flexibility index (Phi) is 5.65. The molecule has 118 valence electrons. The third-order valence-corrected chi connectivity index (χ3v) is 3.73. The van der Waals surface area contributed by atoms with Gasteiger partial charge in [0.25, 0.3) is 0 Å². The Bertz CT molecular complexity index is 443. The largest absolute Gasteiger partial charge is 0.411 e. The molecular formula is C16H22F3NO. The fourth-order valence-corrected chi connectivity index (χ4v) is 2.42. The van der Waals surface area contributed by atoms with Crippen molar-refractivity contribution < 1.29 is 17.9 Å². The van der Waals surface area contributed by atoms with Gasteiger partial charge < -0.3 is 10.1 Å². The molecule has 1 aliphatic carbocycles. The number of nitrogens with one attached hydrogen (secondary N) is 1. The molecule has 0 amide bonds. The van der Waals surface area contributed by atoms with Crippen LogP contribution in [0, 0.1) is 6.92 Å². The van der Waals surface area contributed by atoms with Crippen molar-refractivity contribution in [3.05, 3.63) is 35.4 Å². The van der Waals surface area contributed by atoms with Crippen molar-refractivity contribution in [1.82, 2.24) is 5.32 Å². The predicted octanol–water partition coefficient (Wildman–Crippen LogP) is 3.80. The first-order valence-corrected chi connectivity index (χ1v) is 7.39. The van der Waals surface area contributed by atoms with Crippen molar-refractivity contribution in [3.8, 4) is 0 Å². The van der Waals surface area contributed by atoms with E-state index in [0.717, 1.165) is 6.54 Å². The van der Waals surface area contributed by atoms with E-state index in [0.29, 0.717) is 12.5 Å². The lowest BCUT2D eigenvalue weighted by Crippen LogP contribution is -2.25. The summed E-state index contributed by atoms with van der Waals surface area (Å²) in [5.74, 6) is 0.194. The van der Waals surface area contributed by atoms with Gasteiger partial charge in [-0.1, -0.05) is 24.3 Å². The Morgan fingerprint density at radius 3 is 2.62 bits per heavy atom. The van der Waals surface area contributed by atoms with E-state index in [2.05, 4.69) is 11.4 Å². The SMILES string of the molecule is Cc1ccccc1C(CCOCC(F)(F)F)CNC1CC1. The summed E-state index contributed by atoms with van der Waals surface area (Å²) >= 11 is 0. The summed E-state index contributed by atoms with van der Waals surface area (Å²) in [4.78, 5) is 0. The minimum Gasteiger partial charge on any atom is -0.372 e. The Balaban J connectivity index is 1.87. The lowest BCUT2D eigenvalue weighted by Gasteiger charge is -2.20. The number of aryl methyl sites for hydroxylation is 1. The molecule has 0 aliphatic heterocycles. The predicted molar refractivity (Wildman–Crippen MR) is 76.4 cm³/mol. The van der Waals surface area contributed by atoms with E-state index >= 15 is 0 Å². The average molecular weight is 301 g/mol. The maximum atomic E-state index is 12.1. The second kappa shape index (κ2) is 7.27. The van der Waals surface area contributed by atoms with Gasteiger partial charge in [-0.2, -0.15) is 13.2 Å². The number of halogens is 3. The Morgan fingerprint density at radius 2 is 2.00 bits per heavy atom. The first kappa shape index (κ1) is 16.3. The zero-order chi connectivity index (χ0) is 15.3. The van der Waals surface area contributed by atoms with Crippen LogP contribution in [0.4, 0.5) is 13.2 Å². The summed E-state index contributed by atoms with van der Waals surface area (Å²) in [7, 11) is 0. The van der Waals surface area contributed by atoms with Crippen LogP contribution in [0.1, 0.15) is 36.3 Å². The standard InChI is InChI=1S/C16H22F3NO/c1-12-4-2-3-5-15(12)13(10-20-14-6-7-14)8-9-21-11-16(17,18)19/h2-5,13-14,20H,6-11H2,1H3. The van der Waals surface area contributed by atoms with Gasteiger partial charge in [-0.05, 0) is 43.2 Å². The zero-order valence-corrected chi connectivity index (χ0v) is 12.2. The van der Waals surface area contributed by atoms with Crippen LogP contribution in [-0.4, -0.2) is 32.0 Å². The van der Waals surface area contributed by atoms with Crippen LogP contribution in [0.5, 0.6) is 0 Å². The number of benzene rings is 1. The zero-order valence-electron chi connectivity index (χ0n) is 12.2. The van der Waals surface area contributed by atoms with E-state index in [1.807, 2.05) is 25.1 Å². The molecule has 1 fully saturated rings. The Labute approximate surface area is 123 Å². The maximum Gasteiger partial charge on any atom is 0.411 e. The monoisotopic (exact) mass is 301 g/mol. The fraction of sp³-hybridized carbons (Fsp3) is 0.625. The summed E-state index contributed by atoms with van der Waals surface area (Å²) in [5.41, 5.74) is 2.37. The van der Waals surface area contributed by atoms with Crippen LogP contribution in [0.2, 0.25) is 0 Å². The van der Waals surface area contributed by atoms with E-state index in [4.69, 9.17) is 4.74 Å². The van der Waals surface area contributed by atoms with E-state index in [1.54, 1.807) is 0 Å². The molecule has 21 heavy (non-hydrogen) atoms. The molecule has 1 atom stereocenters. The van der Waals surface area contributed by atoms with Gasteiger partial charge >= 0.3 is 6.18 Å².